The number of halogens is 2. The highest BCUT2D eigenvalue weighted by Crippen LogP contribution is 2.45. The van der Waals surface area contributed by atoms with Crippen LogP contribution in [-0.4, -0.2) is 17.8 Å². The van der Waals surface area contributed by atoms with Crippen LogP contribution in [0.1, 0.15) is 18.4 Å². The maximum Gasteiger partial charge on any atom is 0.124 e. The van der Waals surface area contributed by atoms with Crippen LogP contribution < -0.4 is 5.73 Å². The van der Waals surface area contributed by atoms with Gasteiger partial charge in [-0.15, -0.1) is 0 Å². The summed E-state index contributed by atoms with van der Waals surface area (Å²) in [7, 11) is 0. The van der Waals surface area contributed by atoms with Crippen LogP contribution in [0.2, 0.25) is 0 Å². The molecule has 1 saturated carbocycles. The Morgan fingerprint density at radius 1 is 1.53 bits per heavy atom. The van der Waals surface area contributed by atoms with E-state index in [0.717, 1.165) is 10.0 Å². The summed E-state index contributed by atoms with van der Waals surface area (Å²) in [5.41, 5.74) is 6.57. The summed E-state index contributed by atoms with van der Waals surface area (Å²) < 4.78 is 13.7. The fourth-order valence-corrected chi connectivity index (χ4v) is 3.03. The summed E-state index contributed by atoms with van der Waals surface area (Å²) in [6, 6.07) is 4.62. The second-order valence-corrected chi connectivity index (χ2v) is 5.03. The van der Waals surface area contributed by atoms with Gasteiger partial charge in [0, 0.05) is 16.4 Å². The van der Waals surface area contributed by atoms with Gasteiger partial charge in [0.2, 0.25) is 0 Å². The first kappa shape index (κ1) is 11.0. The summed E-state index contributed by atoms with van der Waals surface area (Å²) in [5.74, 6) is -0.266. The maximum atomic E-state index is 12.9. The minimum absolute atomic E-state index is 0.175. The lowest BCUT2D eigenvalue weighted by Crippen LogP contribution is -2.50. The molecule has 0 aromatic heterocycles. The highest BCUT2D eigenvalue weighted by atomic mass is 79.9. The van der Waals surface area contributed by atoms with Crippen molar-refractivity contribution in [2.75, 3.05) is 6.54 Å². The molecule has 82 valence electrons. The van der Waals surface area contributed by atoms with Gasteiger partial charge in [0.15, 0.2) is 0 Å². The average molecular weight is 274 g/mol. The summed E-state index contributed by atoms with van der Waals surface area (Å²) in [6.07, 6.45) is 1.05. The summed E-state index contributed by atoms with van der Waals surface area (Å²) in [4.78, 5) is 0. The fourth-order valence-electron chi connectivity index (χ4n) is 2.26. The molecule has 4 heteroatoms. The Labute approximate surface area is 96.4 Å². The third-order valence-corrected chi connectivity index (χ3v) is 3.80. The van der Waals surface area contributed by atoms with Crippen molar-refractivity contribution in [1.82, 2.24) is 0 Å². The molecule has 0 unspecified atom stereocenters. The molecule has 0 spiro atoms. The predicted octanol–water partition coefficient (Wildman–Crippen LogP) is 1.94. The van der Waals surface area contributed by atoms with Gasteiger partial charge in [-0.2, -0.15) is 0 Å². The van der Waals surface area contributed by atoms with E-state index in [1.165, 1.54) is 12.1 Å². The molecule has 0 saturated heterocycles. The van der Waals surface area contributed by atoms with E-state index >= 15 is 0 Å². The van der Waals surface area contributed by atoms with Gasteiger partial charge in [-0.25, -0.2) is 4.39 Å². The van der Waals surface area contributed by atoms with E-state index < -0.39 is 0 Å². The number of nitrogens with two attached hydrogens (primary N) is 1. The van der Waals surface area contributed by atoms with E-state index in [9.17, 15) is 9.50 Å². The van der Waals surface area contributed by atoms with E-state index in [2.05, 4.69) is 15.9 Å². The summed E-state index contributed by atoms with van der Waals surface area (Å²) in [6.45, 7) is 0.480. The molecule has 2 rings (SSSR count). The van der Waals surface area contributed by atoms with Crippen LogP contribution in [0, 0.1) is 5.82 Å². The first-order valence-electron chi connectivity index (χ1n) is 4.91. The fraction of sp³-hybridized carbons (Fsp3) is 0.455. The van der Waals surface area contributed by atoms with Crippen LogP contribution in [-0.2, 0) is 5.41 Å². The van der Waals surface area contributed by atoms with Crippen LogP contribution in [0.4, 0.5) is 4.39 Å². The first-order valence-corrected chi connectivity index (χ1v) is 5.70. The highest BCUT2D eigenvalue weighted by molar-refractivity contribution is 9.10. The van der Waals surface area contributed by atoms with Gasteiger partial charge in [-0.1, -0.05) is 22.0 Å². The Balaban J connectivity index is 2.36. The SMILES string of the molecule is NCC1(c2ccc(F)cc2Br)CC(O)C1. The minimum Gasteiger partial charge on any atom is -0.393 e. The van der Waals surface area contributed by atoms with E-state index in [4.69, 9.17) is 5.73 Å². The second-order valence-electron chi connectivity index (χ2n) is 4.17. The van der Waals surface area contributed by atoms with Crippen LogP contribution >= 0.6 is 15.9 Å². The van der Waals surface area contributed by atoms with Crippen molar-refractivity contribution >= 4 is 15.9 Å². The molecule has 1 fully saturated rings. The summed E-state index contributed by atoms with van der Waals surface area (Å²) in [5, 5.41) is 9.38. The van der Waals surface area contributed by atoms with E-state index in [1.54, 1.807) is 6.07 Å². The lowest BCUT2D eigenvalue weighted by atomic mass is 9.63. The number of aliphatic hydroxyl groups excluding tert-OH is 1. The number of benzene rings is 1. The number of hydrogen-bond donors (Lipinski definition) is 2. The molecule has 2 nitrogen and oxygen atoms in total. The molecule has 0 amide bonds. The Kier molecular flexibility index (Phi) is 2.83. The molecular formula is C11H13BrFNO. The van der Waals surface area contributed by atoms with Crippen LogP contribution in [0.25, 0.3) is 0 Å². The standard InChI is InChI=1S/C11H13BrFNO/c12-10-3-7(13)1-2-9(10)11(6-14)4-8(15)5-11/h1-3,8,15H,4-6,14H2. The molecule has 3 N–H and O–H groups in total. The molecular weight excluding hydrogens is 261 g/mol. The van der Waals surface area contributed by atoms with Gasteiger partial charge in [0.1, 0.15) is 5.82 Å². The zero-order valence-corrected chi connectivity index (χ0v) is 9.80. The Morgan fingerprint density at radius 3 is 2.67 bits per heavy atom. The molecule has 0 aliphatic heterocycles. The summed E-state index contributed by atoms with van der Waals surface area (Å²) >= 11 is 3.34. The van der Waals surface area contributed by atoms with Crippen molar-refractivity contribution in [3.05, 3.63) is 34.1 Å². The van der Waals surface area contributed by atoms with Gasteiger partial charge in [0.25, 0.3) is 0 Å². The largest absolute Gasteiger partial charge is 0.393 e. The van der Waals surface area contributed by atoms with E-state index in [-0.39, 0.29) is 17.3 Å². The van der Waals surface area contributed by atoms with Gasteiger partial charge in [-0.05, 0) is 30.5 Å². The van der Waals surface area contributed by atoms with Gasteiger partial charge in [-0.3, -0.25) is 0 Å². The quantitative estimate of drug-likeness (QED) is 0.865. The number of aliphatic hydroxyl groups is 1. The normalized spacial score (nSPS) is 30.0. The van der Waals surface area contributed by atoms with E-state index in [0.29, 0.717) is 19.4 Å². The maximum absolute atomic E-state index is 12.9. The molecule has 1 aliphatic carbocycles. The predicted molar refractivity (Wildman–Crippen MR) is 60.1 cm³/mol. The molecule has 0 bridgehead atoms. The third kappa shape index (κ3) is 1.82. The topological polar surface area (TPSA) is 46.2 Å². The van der Waals surface area contributed by atoms with E-state index in [1.807, 2.05) is 0 Å². The molecule has 0 atom stereocenters. The van der Waals surface area contributed by atoms with Crippen LogP contribution in [0.5, 0.6) is 0 Å². The second kappa shape index (κ2) is 3.85. The lowest BCUT2D eigenvalue weighted by molar-refractivity contribution is 0.0218. The van der Waals surface area contributed by atoms with Gasteiger partial charge in [0.05, 0.1) is 6.10 Å². The van der Waals surface area contributed by atoms with Crippen molar-refractivity contribution in [2.24, 2.45) is 5.73 Å². The highest BCUT2D eigenvalue weighted by Gasteiger charge is 2.44. The zero-order valence-electron chi connectivity index (χ0n) is 8.21. The molecule has 1 aromatic rings. The van der Waals surface area contributed by atoms with Crippen molar-refractivity contribution in [3.8, 4) is 0 Å². The molecule has 1 aromatic carbocycles. The number of hydrogen-bond acceptors (Lipinski definition) is 2. The monoisotopic (exact) mass is 273 g/mol. The van der Waals surface area contributed by atoms with Crippen LogP contribution in [0.15, 0.2) is 22.7 Å². The number of rotatable bonds is 2. The van der Waals surface area contributed by atoms with Gasteiger partial charge >= 0.3 is 0 Å². The molecule has 15 heavy (non-hydrogen) atoms. The minimum atomic E-state index is -0.273. The Bertz CT molecular complexity index is 377. The molecule has 1 aliphatic rings. The van der Waals surface area contributed by atoms with Crippen molar-refractivity contribution in [2.45, 2.75) is 24.4 Å². The molecule has 0 radical (unpaired) electrons. The zero-order chi connectivity index (χ0) is 11.1. The Hall–Kier alpha value is -0.450. The third-order valence-electron chi connectivity index (χ3n) is 3.15. The van der Waals surface area contributed by atoms with Crippen molar-refractivity contribution < 1.29 is 9.50 Å². The average Bonchev–Trinajstić information content (AvgIpc) is 2.13. The smallest absolute Gasteiger partial charge is 0.124 e. The van der Waals surface area contributed by atoms with Crippen LogP contribution in [0.3, 0.4) is 0 Å². The Morgan fingerprint density at radius 2 is 2.20 bits per heavy atom. The first-order chi connectivity index (χ1) is 7.07. The molecule has 0 heterocycles. The lowest BCUT2D eigenvalue weighted by Gasteiger charge is -2.45. The van der Waals surface area contributed by atoms with Crippen molar-refractivity contribution in [3.63, 3.8) is 0 Å². The van der Waals surface area contributed by atoms with Crippen molar-refractivity contribution in [1.29, 1.82) is 0 Å². The van der Waals surface area contributed by atoms with Gasteiger partial charge < -0.3 is 10.8 Å².